The van der Waals surface area contributed by atoms with Crippen LogP contribution in [0.2, 0.25) is 0 Å². The zero-order chi connectivity index (χ0) is 6.53. The van der Waals surface area contributed by atoms with Crippen LogP contribution in [0.3, 0.4) is 0 Å². The molecule has 2 nitrogen and oxygen atoms in total. The maximum Gasteiger partial charge on any atom is 0.0794 e. The summed E-state index contributed by atoms with van der Waals surface area (Å²) < 4.78 is 0. The van der Waals surface area contributed by atoms with Crippen LogP contribution in [0.15, 0.2) is 10.9 Å². The highest BCUT2D eigenvalue weighted by Gasteiger charge is 1.91. The van der Waals surface area contributed by atoms with Gasteiger partial charge in [-0.3, -0.25) is 0 Å². The van der Waals surface area contributed by atoms with E-state index in [-0.39, 0.29) is 6.61 Å². The maximum atomic E-state index is 8.39. The molecule has 0 aliphatic heterocycles. The quantitative estimate of drug-likeness (QED) is 0.679. The molecule has 1 N–H and O–H groups in total. The first-order chi connectivity index (χ1) is 4.43. The molecule has 1 heterocycles. The Bertz CT molecular complexity index is 150. The smallest absolute Gasteiger partial charge is 0.0794 e. The Hall–Kier alpha value is -0.410. The van der Waals surface area contributed by atoms with E-state index in [0.717, 1.165) is 12.1 Å². The van der Waals surface area contributed by atoms with Gasteiger partial charge >= 0.3 is 0 Å². The molecule has 0 aromatic carbocycles. The monoisotopic (exact) mass is 142 g/mol. The largest absolute Gasteiger partial charge is 0.396 e. The lowest BCUT2D eigenvalue weighted by Crippen LogP contribution is -1.89. The third kappa shape index (κ3) is 2.11. The average molecular weight is 142 g/mol. The van der Waals surface area contributed by atoms with E-state index in [9.17, 15) is 0 Å². The fraction of sp³-hybridized carbons (Fsp3) is 0.333. The van der Waals surface area contributed by atoms with E-state index in [1.165, 1.54) is 0 Å². The van der Waals surface area contributed by atoms with Crippen molar-refractivity contribution < 1.29 is 5.11 Å². The Kier molecular flexibility index (Phi) is 2.67. The minimum absolute atomic E-state index is 0.136. The van der Waals surface area contributed by atoms with Gasteiger partial charge in [0.25, 0.3) is 0 Å². The lowest BCUT2D eigenvalue weighted by molar-refractivity contribution is 0.325. The SMILES string of the molecule is OC[CH]Cc1cscn1. The van der Waals surface area contributed by atoms with Crippen LogP contribution in [-0.2, 0) is 6.42 Å². The highest BCUT2D eigenvalue weighted by Crippen LogP contribution is 2.02. The summed E-state index contributed by atoms with van der Waals surface area (Å²) in [6.45, 7) is 0.136. The first-order valence-electron chi connectivity index (χ1n) is 2.73. The van der Waals surface area contributed by atoms with Crippen LogP contribution < -0.4 is 0 Å². The van der Waals surface area contributed by atoms with Crippen LogP contribution >= 0.6 is 11.3 Å². The van der Waals surface area contributed by atoms with Crippen LogP contribution in [0, 0.1) is 6.42 Å². The molecule has 0 amide bonds. The number of hydrogen-bond acceptors (Lipinski definition) is 3. The number of aliphatic hydroxyl groups is 1. The average Bonchev–Trinajstić information content (AvgIpc) is 2.34. The molecule has 1 aromatic rings. The van der Waals surface area contributed by atoms with E-state index in [1.807, 2.05) is 5.38 Å². The molecular weight excluding hydrogens is 134 g/mol. The molecule has 0 atom stereocenters. The van der Waals surface area contributed by atoms with Crippen molar-refractivity contribution in [2.45, 2.75) is 6.42 Å². The van der Waals surface area contributed by atoms with Gasteiger partial charge in [-0.2, -0.15) is 0 Å². The van der Waals surface area contributed by atoms with Crippen molar-refractivity contribution in [1.29, 1.82) is 0 Å². The molecule has 49 valence electrons. The Morgan fingerprint density at radius 2 is 2.67 bits per heavy atom. The summed E-state index contributed by atoms with van der Waals surface area (Å²) in [4.78, 5) is 4.03. The summed E-state index contributed by atoms with van der Waals surface area (Å²) in [5, 5.41) is 10.4. The van der Waals surface area contributed by atoms with Crippen LogP contribution in [0.5, 0.6) is 0 Å². The highest BCUT2D eigenvalue weighted by molar-refractivity contribution is 7.07. The summed E-state index contributed by atoms with van der Waals surface area (Å²) in [5.74, 6) is 0. The van der Waals surface area contributed by atoms with Crippen molar-refractivity contribution in [3.05, 3.63) is 23.0 Å². The van der Waals surface area contributed by atoms with Crippen LogP contribution in [0.1, 0.15) is 5.69 Å². The summed E-state index contributed by atoms with van der Waals surface area (Å²) in [6.07, 6.45) is 2.56. The highest BCUT2D eigenvalue weighted by atomic mass is 32.1. The van der Waals surface area contributed by atoms with E-state index >= 15 is 0 Å². The topological polar surface area (TPSA) is 33.1 Å². The standard InChI is InChI=1S/C6H8NOS/c8-3-1-2-6-4-9-5-7-6/h1,4-5,8H,2-3H2. The van der Waals surface area contributed by atoms with Gasteiger partial charge in [0, 0.05) is 12.0 Å². The molecule has 0 saturated heterocycles. The first kappa shape index (κ1) is 6.71. The molecule has 0 aliphatic carbocycles. The Balaban J connectivity index is 2.30. The molecule has 0 saturated carbocycles. The van der Waals surface area contributed by atoms with E-state index < -0.39 is 0 Å². The molecule has 3 heteroatoms. The molecular formula is C6H8NOS. The fourth-order valence-electron chi connectivity index (χ4n) is 0.551. The second kappa shape index (κ2) is 3.58. The molecule has 9 heavy (non-hydrogen) atoms. The van der Waals surface area contributed by atoms with Gasteiger partial charge in [0.1, 0.15) is 0 Å². The van der Waals surface area contributed by atoms with E-state index in [4.69, 9.17) is 5.11 Å². The third-order valence-electron chi connectivity index (χ3n) is 0.966. The van der Waals surface area contributed by atoms with E-state index in [1.54, 1.807) is 23.3 Å². The van der Waals surface area contributed by atoms with Gasteiger partial charge in [-0.05, 0) is 12.8 Å². The van der Waals surface area contributed by atoms with Gasteiger partial charge in [0.05, 0.1) is 11.2 Å². The Morgan fingerprint density at radius 1 is 1.78 bits per heavy atom. The minimum Gasteiger partial charge on any atom is -0.396 e. The lowest BCUT2D eigenvalue weighted by atomic mass is 10.3. The lowest BCUT2D eigenvalue weighted by Gasteiger charge is -1.88. The number of thiazole rings is 1. The minimum atomic E-state index is 0.136. The summed E-state index contributed by atoms with van der Waals surface area (Å²) in [6, 6.07) is 0. The normalized spacial score (nSPS) is 9.89. The van der Waals surface area contributed by atoms with Crippen molar-refractivity contribution in [3.8, 4) is 0 Å². The Morgan fingerprint density at radius 3 is 3.22 bits per heavy atom. The number of aliphatic hydroxyl groups excluding tert-OH is 1. The molecule has 1 aromatic heterocycles. The molecule has 1 radical (unpaired) electrons. The van der Waals surface area contributed by atoms with Crippen LogP contribution in [0.4, 0.5) is 0 Å². The number of rotatable bonds is 3. The summed E-state index contributed by atoms with van der Waals surface area (Å²) in [7, 11) is 0. The zero-order valence-electron chi connectivity index (χ0n) is 4.95. The fourth-order valence-corrected chi connectivity index (χ4v) is 1.12. The van der Waals surface area contributed by atoms with Crippen molar-refractivity contribution >= 4 is 11.3 Å². The van der Waals surface area contributed by atoms with Gasteiger partial charge in [0.2, 0.25) is 0 Å². The van der Waals surface area contributed by atoms with E-state index in [2.05, 4.69) is 4.98 Å². The number of nitrogens with zero attached hydrogens (tertiary/aromatic N) is 1. The zero-order valence-corrected chi connectivity index (χ0v) is 5.77. The van der Waals surface area contributed by atoms with Gasteiger partial charge < -0.3 is 5.11 Å². The molecule has 0 spiro atoms. The second-order valence-electron chi connectivity index (χ2n) is 1.66. The summed E-state index contributed by atoms with van der Waals surface area (Å²) >= 11 is 1.58. The van der Waals surface area contributed by atoms with Crippen LogP contribution in [-0.4, -0.2) is 16.7 Å². The van der Waals surface area contributed by atoms with Crippen molar-refractivity contribution in [3.63, 3.8) is 0 Å². The first-order valence-corrected chi connectivity index (χ1v) is 3.67. The van der Waals surface area contributed by atoms with Gasteiger partial charge in [-0.1, -0.05) is 0 Å². The number of hydrogen-bond donors (Lipinski definition) is 1. The number of aromatic nitrogens is 1. The molecule has 0 unspecified atom stereocenters. The van der Waals surface area contributed by atoms with Gasteiger partial charge in [0.15, 0.2) is 0 Å². The molecule has 0 aliphatic rings. The van der Waals surface area contributed by atoms with Gasteiger partial charge in [-0.25, -0.2) is 4.98 Å². The van der Waals surface area contributed by atoms with Crippen molar-refractivity contribution in [1.82, 2.24) is 4.98 Å². The van der Waals surface area contributed by atoms with Crippen molar-refractivity contribution in [2.24, 2.45) is 0 Å². The van der Waals surface area contributed by atoms with Gasteiger partial charge in [-0.15, -0.1) is 11.3 Å². The van der Waals surface area contributed by atoms with E-state index in [0.29, 0.717) is 0 Å². The molecule has 0 fully saturated rings. The summed E-state index contributed by atoms with van der Waals surface area (Å²) in [5.41, 5.74) is 2.83. The predicted octanol–water partition coefficient (Wildman–Crippen LogP) is 0.882. The Labute approximate surface area is 58.2 Å². The van der Waals surface area contributed by atoms with Crippen molar-refractivity contribution in [2.75, 3.05) is 6.61 Å². The maximum absolute atomic E-state index is 8.39. The van der Waals surface area contributed by atoms with Crippen LogP contribution in [0.25, 0.3) is 0 Å². The molecule has 1 rings (SSSR count). The second-order valence-corrected chi connectivity index (χ2v) is 2.37. The third-order valence-corrected chi connectivity index (χ3v) is 1.60. The predicted molar refractivity (Wildman–Crippen MR) is 37.2 cm³/mol. The molecule has 0 bridgehead atoms.